The molecule has 1 aromatic carbocycles. The Morgan fingerprint density at radius 1 is 1.21 bits per heavy atom. The number of hydrogen-bond acceptors (Lipinski definition) is 3. The molecule has 100 valence electrons. The van der Waals surface area contributed by atoms with Gasteiger partial charge >= 0.3 is 0 Å². The van der Waals surface area contributed by atoms with E-state index in [2.05, 4.69) is 4.98 Å². The van der Waals surface area contributed by atoms with Crippen molar-refractivity contribution in [1.82, 2.24) is 4.98 Å². The van der Waals surface area contributed by atoms with Gasteiger partial charge in [0.2, 0.25) is 5.88 Å². The Balaban J connectivity index is 2.21. The normalized spacial score (nSPS) is 12.3. The molecular formula is C15H16ClNO2. The van der Waals surface area contributed by atoms with Gasteiger partial charge in [0.05, 0.1) is 6.10 Å². The molecule has 0 spiro atoms. The molecule has 0 radical (unpaired) electrons. The van der Waals surface area contributed by atoms with E-state index in [0.29, 0.717) is 11.6 Å². The van der Waals surface area contributed by atoms with Gasteiger partial charge in [0, 0.05) is 17.3 Å². The summed E-state index contributed by atoms with van der Waals surface area (Å²) in [4.78, 5) is 4.16. The molecule has 0 saturated carbocycles. The molecule has 1 atom stereocenters. The largest absolute Gasteiger partial charge is 0.439 e. The molecule has 0 saturated heterocycles. The van der Waals surface area contributed by atoms with Crippen LogP contribution in [-0.4, -0.2) is 10.1 Å². The minimum atomic E-state index is -0.526. The number of pyridine rings is 1. The van der Waals surface area contributed by atoms with Gasteiger partial charge in [-0.05, 0) is 55.7 Å². The molecule has 2 rings (SSSR count). The van der Waals surface area contributed by atoms with Crippen LogP contribution in [0.25, 0.3) is 0 Å². The van der Waals surface area contributed by atoms with Crippen molar-refractivity contribution >= 4 is 11.6 Å². The van der Waals surface area contributed by atoms with Crippen molar-refractivity contribution in [2.45, 2.75) is 26.9 Å². The van der Waals surface area contributed by atoms with Gasteiger partial charge in [-0.25, -0.2) is 4.98 Å². The van der Waals surface area contributed by atoms with Crippen molar-refractivity contribution < 1.29 is 9.84 Å². The Bertz CT molecular complexity index is 556. The van der Waals surface area contributed by atoms with Crippen LogP contribution in [0.15, 0.2) is 30.5 Å². The average molecular weight is 278 g/mol. The van der Waals surface area contributed by atoms with E-state index in [0.717, 1.165) is 21.7 Å². The van der Waals surface area contributed by atoms with E-state index >= 15 is 0 Å². The van der Waals surface area contributed by atoms with E-state index in [-0.39, 0.29) is 0 Å². The van der Waals surface area contributed by atoms with Gasteiger partial charge in [-0.3, -0.25) is 0 Å². The highest BCUT2D eigenvalue weighted by molar-refractivity contribution is 6.32. The fraction of sp³-hybridized carbons (Fsp3) is 0.267. The second-order valence-corrected chi connectivity index (χ2v) is 4.96. The Kier molecular flexibility index (Phi) is 4.08. The predicted molar refractivity (Wildman–Crippen MR) is 75.9 cm³/mol. The maximum absolute atomic E-state index is 9.41. The van der Waals surface area contributed by atoms with Crippen LogP contribution in [0, 0.1) is 13.8 Å². The third-order valence-electron chi connectivity index (χ3n) is 2.87. The smallest absolute Gasteiger partial charge is 0.219 e. The van der Waals surface area contributed by atoms with Crippen LogP contribution in [0.3, 0.4) is 0 Å². The maximum Gasteiger partial charge on any atom is 0.219 e. The fourth-order valence-electron chi connectivity index (χ4n) is 1.79. The van der Waals surface area contributed by atoms with Crippen LogP contribution in [0.1, 0.15) is 29.7 Å². The van der Waals surface area contributed by atoms with Crippen molar-refractivity contribution in [1.29, 1.82) is 0 Å². The van der Waals surface area contributed by atoms with E-state index in [4.69, 9.17) is 16.3 Å². The zero-order valence-electron chi connectivity index (χ0n) is 11.1. The first kappa shape index (κ1) is 13.8. The molecule has 4 heteroatoms. The highest BCUT2D eigenvalue weighted by Gasteiger charge is 2.06. The number of benzene rings is 1. The number of aryl methyl sites for hydroxylation is 2. The minimum absolute atomic E-state index is 0.491. The van der Waals surface area contributed by atoms with Gasteiger partial charge in [-0.2, -0.15) is 0 Å². The van der Waals surface area contributed by atoms with Crippen LogP contribution < -0.4 is 4.74 Å². The third kappa shape index (κ3) is 3.25. The van der Waals surface area contributed by atoms with Gasteiger partial charge in [0.1, 0.15) is 5.75 Å². The van der Waals surface area contributed by atoms with Gasteiger partial charge in [0.25, 0.3) is 0 Å². The lowest BCUT2D eigenvalue weighted by Gasteiger charge is -2.10. The summed E-state index contributed by atoms with van der Waals surface area (Å²) in [5.41, 5.74) is 2.70. The summed E-state index contributed by atoms with van der Waals surface area (Å²) >= 11 is 6.11. The molecule has 0 bridgehead atoms. The minimum Gasteiger partial charge on any atom is -0.439 e. The lowest BCUT2D eigenvalue weighted by Crippen LogP contribution is -1.94. The molecule has 1 aromatic heterocycles. The number of nitrogens with zero attached hydrogens (tertiary/aromatic N) is 1. The van der Waals surface area contributed by atoms with Crippen LogP contribution >= 0.6 is 11.6 Å². The Morgan fingerprint density at radius 2 is 1.84 bits per heavy atom. The van der Waals surface area contributed by atoms with Crippen LogP contribution in [0.4, 0.5) is 0 Å². The first-order valence-corrected chi connectivity index (χ1v) is 6.44. The average Bonchev–Trinajstić information content (AvgIpc) is 2.36. The summed E-state index contributed by atoms with van der Waals surface area (Å²) in [5.74, 6) is 1.20. The number of halogens is 1. The highest BCUT2D eigenvalue weighted by atomic mass is 35.5. The van der Waals surface area contributed by atoms with Gasteiger partial charge in [-0.1, -0.05) is 11.6 Å². The van der Waals surface area contributed by atoms with Crippen molar-refractivity contribution in [2.75, 3.05) is 0 Å². The zero-order valence-corrected chi connectivity index (χ0v) is 11.9. The predicted octanol–water partition coefficient (Wildman–Crippen LogP) is 4.20. The summed E-state index contributed by atoms with van der Waals surface area (Å²) in [6.07, 6.45) is 1.08. The fourth-order valence-corrected chi connectivity index (χ4v) is 1.89. The van der Waals surface area contributed by atoms with E-state index in [9.17, 15) is 5.11 Å². The first-order chi connectivity index (χ1) is 8.97. The van der Waals surface area contributed by atoms with Crippen molar-refractivity contribution in [3.05, 3.63) is 52.2 Å². The molecule has 0 fully saturated rings. The highest BCUT2D eigenvalue weighted by Crippen LogP contribution is 2.28. The molecule has 0 amide bonds. The topological polar surface area (TPSA) is 42.4 Å². The molecular weight excluding hydrogens is 262 g/mol. The van der Waals surface area contributed by atoms with Gasteiger partial charge in [0.15, 0.2) is 0 Å². The molecule has 1 unspecified atom stereocenters. The second-order valence-electron chi connectivity index (χ2n) is 4.58. The van der Waals surface area contributed by atoms with E-state index < -0.39 is 6.10 Å². The van der Waals surface area contributed by atoms with Crippen molar-refractivity contribution in [3.8, 4) is 11.6 Å². The van der Waals surface area contributed by atoms with Crippen molar-refractivity contribution in [2.24, 2.45) is 0 Å². The SMILES string of the molecule is Cc1cc(Oc2ccc(C(C)O)cn2)cc(C)c1Cl. The van der Waals surface area contributed by atoms with Gasteiger partial charge < -0.3 is 9.84 Å². The molecule has 0 aliphatic heterocycles. The summed E-state index contributed by atoms with van der Waals surface area (Å²) < 4.78 is 5.68. The molecule has 1 N–H and O–H groups in total. The molecule has 0 aliphatic rings. The van der Waals surface area contributed by atoms with E-state index in [1.807, 2.05) is 26.0 Å². The zero-order chi connectivity index (χ0) is 14.0. The Morgan fingerprint density at radius 3 is 2.32 bits per heavy atom. The Labute approximate surface area is 117 Å². The lowest BCUT2D eigenvalue weighted by molar-refractivity contribution is 0.198. The summed E-state index contributed by atoms with van der Waals surface area (Å²) in [6, 6.07) is 7.28. The molecule has 19 heavy (non-hydrogen) atoms. The lowest BCUT2D eigenvalue weighted by atomic mass is 10.1. The number of ether oxygens (including phenoxy) is 1. The van der Waals surface area contributed by atoms with E-state index in [1.165, 1.54) is 0 Å². The molecule has 2 aromatic rings. The maximum atomic E-state index is 9.41. The Hall–Kier alpha value is -1.58. The number of aromatic nitrogens is 1. The monoisotopic (exact) mass is 277 g/mol. The standard InChI is InChI=1S/C15H16ClNO2/c1-9-6-13(7-10(2)15(9)16)19-14-5-4-12(8-17-14)11(3)18/h4-8,11,18H,1-3H3. The second kappa shape index (κ2) is 5.59. The van der Waals surface area contributed by atoms with Crippen LogP contribution in [0.2, 0.25) is 5.02 Å². The summed E-state index contributed by atoms with van der Waals surface area (Å²) in [7, 11) is 0. The number of aliphatic hydroxyl groups excluding tert-OH is 1. The van der Waals surface area contributed by atoms with Gasteiger partial charge in [-0.15, -0.1) is 0 Å². The summed E-state index contributed by atoms with van der Waals surface area (Å²) in [6.45, 7) is 5.57. The number of hydrogen-bond donors (Lipinski definition) is 1. The first-order valence-electron chi connectivity index (χ1n) is 6.06. The number of aliphatic hydroxyl groups is 1. The number of rotatable bonds is 3. The quantitative estimate of drug-likeness (QED) is 0.914. The third-order valence-corrected chi connectivity index (χ3v) is 3.47. The van der Waals surface area contributed by atoms with Crippen LogP contribution in [-0.2, 0) is 0 Å². The molecule has 1 heterocycles. The van der Waals surface area contributed by atoms with Crippen LogP contribution in [0.5, 0.6) is 11.6 Å². The molecule has 0 aliphatic carbocycles. The van der Waals surface area contributed by atoms with Crippen molar-refractivity contribution in [3.63, 3.8) is 0 Å². The molecule has 3 nitrogen and oxygen atoms in total. The summed E-state index contributed by atoms with van der Waals surface area (Å²) in [5, 5.41) is 10.2. The van der Waals surface area contributed by atoms with E-state index in [1.54, 1.807) is 25.3 Å².